The van der Waals surface area contributed by atoms with Crippen LogP contribution in [0.15, 0.2) is 78.9 Å². The van der Waals surface area contributed by atoms with Gasteiger partial charge in [-0.1, -0.05) is 67.4 Å². The van der Waals surface area contributed by atoms with Crippen LogP contribution in [0.25, 0.3) is 0 Å². The van der Waals surface area contributed by atoms with Crippen LogP contribution >= 0.6 is 0 Å². The molecule has 280 valence electrons. The number of hydrogen-bond acceptors (Lipinski definition) is 7. The zero-order chi connectivity index (χ0) is 38.1. The lowest BCUT2D eigenvalue weighted by atomic mass is 9.81. The number of ether oxygens (including phenoxy) is 1. The minimum Gasteiger partial charge on any atom is -0.497 e. The molecule has 1 aliphatic heterocycles. The van der Waals surface area contributed by atoms with E-state index in [-0.39, 0.29) is 37.0 Å². The van der Waals surface area contributed by atoms with E-state index in [4.69, 9.17) is 4.74 Å². The van der Waals surface area contributed by atoms with Crippen LogP contribution < -0.4 is 20.3 Å². The number of carbonyl (C=O) groups is 6. The van der Waals surface area contributed by atoms with Gasteiger partial charge in [0.15, 0.2) is 0 Å². The Hall–Kier alpha value is -5.72. The molecule has 3 aromatic rings. The highest BCUT2D eigenvalue weighted by atomic mass is 16.5. The van der Waals surface area contributed by atoms with Crippen molar-refractivity contribution < 1.29 is 43.7 Å². The number of aliphatic carboxylic acids is 2. The van der Waals surface area contributed by atoms with Crippen molar-refractivity contribution in [2.24, 2.45) is 5.41 Å². The summed E-state index contributed by atoms with van der Waals surface area (Å²) in [5, 5.41) is 25.0. The molecule has 3 unspecified atom stereocenters. The summed E-state index contributed by atoms with van der Waals surface area (Å²) in [5.41, 5.74) is 1.74. The number of nitrogens with one attached hydrogen (secondary N) is 2. The van der Waals surface area contributed by atoms with E-state index < -0.39 is 47.9 Å². The van der Waals surface area contributed by atoms with Crippen LogP contribution in [0.3, 0.4) is 0 Å². The third-order valence-electron chi connectivity index (χ3n) is 10.2. The maximum Gasteiger partial charge on any atom is 0.326 e. The molecule has 1 saturated heterocycles. The van der Waals surface area contributed by atoms with Crippen molar-refractivity contribution in [3.63, 3.8) is 0 Å². The Morgan fingerprint density at radius 2 is 1.53 bits per heavy atom. The monoisotopic (exact) mass is 726 g/mol. The van der Waals surface area contributed by atoms with Gasteiger partial charge in [-0.05, 0) is 60.2 Å². The quantitative estimate of drug-likeness (QED) is 0.168. The van der Waals surface area contributed by atoms with Gasteiger partial charge in [0.25, 0.3) is 5.91 Å². The molecule has 3 atom stereocenters. The first-order chi connectivity index (χ1) is 25.4. The number of rotatable bonds is 16. The van der Waals surface area contributed by atoms with Gasteiger partial charge in [-0.3, -0.25) is 28.9 Å². The highest BCUT2D eigenvalue weighted by Crippen LogP contribution is 2.42. The molecule has 1 aliphatic carbocycles. The predicted octanol–water partition coefficient (Wildman–Crippen LogP) is 4.24. The van der Waals surface area contributed by atoms with Crippen LogP contribution in [0.1, 0.15) is 74.7 Å². The molecule has 1 heterocycles. The molecular formula is C40H46N4O9. The third-order valence-corrected chi connectivity index (χ3v) is 10.2. The molecular weight excluding hydrogens is 680 g/mol. The Labute approximate surface area is 308 Å². The largest absolute Gasteiger partial charge is 0.497 e. The lowest BCUT2D eigenvalue weighted by molar-refractivity contribution is -0.144. The van der Waals surface area contributed by atoms with E-state index in [0.29, 0.717) is 48.4 Å². The Kier molecular flexibility index (Phi) is 12.5. The van der Waals surface area contributed by atoms with Gasteiger partial charge in [-0.25, -0.2) is 4.79 Å². The van der Waals surface area contributed by atoms with Gasteiger partial charge in [0, 0.05) is 38.4 Å². The minimum atomic E-state index is -1.21. The molecule has 3 aromatic carbocycles. The number of carboxylic acids is 2. The van der Waals surface area contributed by atoms with Crippen LogP contribution in [0.2, 0.25) is 0 Å². The maximum absolute atomic E-state index is 14.5. The normalized spacial score (nSPS) is 18.3. The van der Waals surface area contributed by atoms with Crippen molar-refractivity contribution in [2.45, 2.75) is 83.0 Å². The van der Waals surface area contributed by atoms with Gasteiger partial charge in [-0.15, -0.1) is 0 Å². The lowest BCUT2D eigenvalue weighted by Gasteiger charge is -2.32. The second-order valence-corrected chi connectivity index (χ2v) is 13.7. The van der Waals surface area contributed by atoms with E-state index >= 15 is 0 Å². The van der Waals surface area contributed by atoms with E-state index in [2.05, 4.69) is 10.6 Å². The summed E-state index contributed by atoms with van der Waals surface area (Å²) in [6.45, 7) is 1.73. The topological polar surface area (TPSA) is 183 Å². The summed E-state index contributed by atoms with van der Waals surface area (Å²) in [7, 11) is 1.55. The average molecular weight is 727 g/mol. The van der Waals surface area contributed by atoms with Crippen LogP contribution in [-0.2, 0) is 41.6 Å². The molecule has 0 bridgehead atoms. The molecule has 2 aliphatic rings. The fourth-order valence-corrected chi connectivity index (χ4v) is 7.38. The van der Waals surface area contributed by atoms with E-state index in [0.717, 1.165) is 18.4 Å². The van der Waals surface area contributed by atoms with Crippen LogP contribution in [0.4, 0.5) is 5.69 Å². The Balaban J connectivity index is 1.42. The molecule has 0 radical (unpaired) electrons. The predicted molar refractivity (Wildman–Crippen MR) is 195 cm³/mol. The fourth-order valence-electron chi connectivity index (χ4n) is 7.38. The zero-order valence-electron chi connectivity index (χ0n) is 30.0. The molecule has 2 fully saturated rings. The van der Waals surface area contributed by atoms with Gasteiger partial charge >= 0.3 is 11.9 Å². The standard InChI is InChI=1S/C40H46N4O9/c1-26(45)41-23-22-40(20-6-7-21-40)39(52)42-32(38(50)51)24-27-10-14-30(15-11-27)43-36(29-8-4-3-5-9-29)44(34(46)18-19-35(47)48)33(37(43)49)25-28-12-16-31(53-2)17-13-28/h3-5,8-17,32-33,36H,6-7,18-25H2,1-2H3,(H,41,45)(H,42,52)(H,47,48)(H,50,51). The first-order valence-electron chi connectivity index (χ1n) is 17.8. The first-order valence-corrected chi connectivity index (χ1v) is 17.8. The number of anilines is 1. The third kappa shape index (κ3) is 9.21. The van der Waals surface area contributed by atoms with E-state index in [9.17, 15) is 39.0 Å². The van der Waals surface area contributed by atoms with Crippen molar-refractivity contribution in [2.75, 3.05) is 18.6 Å². The number of hydrogen-bond donors (Lipinski definition) is 4. The Morgan fingerprint density at radius 1 is 0.887 bits per heavy atom. The maximum atomic E-state index is 14.5. The number of amides is 4. The smallest absolute Gasteiger partial charge is 0.326 e. The number of nitrogens with zero attached hydrogens (tertiary/aromatic N) is 2. The van der Waals surface area contributed by atoms with Crippen molar-refractivity contribution in [1.29, 1.82) is 0 Å². The van der Waals surface area contributed by atoms with Gasteiger partial charge in [0.1, 0.15) is 24.0 Å². The molecule has 4 amide bonds. The van der Waals surface area contributed by atoms with Crippen molar-refractivity contribution in [1.82, 2.24) is 15.5 Å². The first kappa shape index (κ1) is 38.5. The molecule has 13 heteroatoms. The van der Waals surface area contributed by atoms with Gasteiger partial charge < -0.3 is 30.5 Å². The molecule has 53 heavy (non-hydrogen) atoms. The SMILES string of the molecule is COc1ccc(CC2C(=O)N(c3ccc(CC(NC(=O)C4(CCNC(C)=O)CCCC4)C(=O)O)cc3)C(c3ccccc3)N2C(=O)CCC(=O)O)cc1. The Morgan fingerprint density at radius 3 is 2.11 bits per heavy atom. The fraction of sp³-hybridized carbons (Fsp3) is 0.400. The summed E-state index contributed by atoms with van der Waals surface area (Å²) in [6.07, 6.45) is 1.91. The lowest BCUT2D eigenvalue weighted by Crippen LogP contribution is -2.49. The zero-order valence-corrected chi connectivity index (χ0v) is 30.0. The van der Waals surface area contributed by atoms with Crippen LogP contribution in [0.5, 0.6) is 5.75 Å². The Bertz CT molecular complexity index is 1790. The highest BCUT2D eigenvalue weighted by molar-refractivity contribution is 6.04. The molecule has 13 nitrogen and oxygen atoms in total. The van der Waals surface area contributed by atoms with Crippen molar-refractivity contribution in [3.8, 4) is 5.75 Å². The number of carboxylic acid groups (broad SMARTS) is 2. The van der Waals surface area contributed by atoms with Crippen molar-refractivity contribution in [3.05, 3.63) is 95.6 Å². The minimum absolute atomic E-state index is 0.0148. The van der Waals surface area contributed by atoms with Crippen LogP contribution in [-0.4, -0.2) is 76.4 Å². The number of methoxy groups -OCH3 is 1. The summed E-state index contributed by atoms with van der Waals surface area (Å²) in [5.74, 6) is -3.05. The molecule has 4 N–H and O–H groups in total. The van der Waals surface area contributed by atoms with E-state index in [1.54, 1.807) is 67.8 Å². The van der Waals surface area contributed by atoms with Crippen LogP contribution in [0, 0.1) is 5.41 Å². The summed E-state index contributed by atoms with van der Waals surface area (Å²) < 4.78 is 5.28. The number of benzene rings is 3. The second-order valence-electron chi connectivity index (χ2n) is 13.7. The molecule has 5 rings (SSSR count). The van der Waals surface area contributed by atoms with Gasteiger partial charge in [0.2, 0.25) is 17.7 Å². The summed E-state index contributed by atoms with van der Waals surface area (Å²) >= 11 is 0. The summed E-state index contributed by atoms with van der Waals surface area (Å²) in [6, 6.07) is 20.8. The van der Waals surface area contributed by atoms with E-state index in [1.807, 2.05) is 18.2 Å². The van der Waals surface area contributed by atoms with Crippen molar-refractivity contribution >= 4 is 41.3 Å². The number of carbonyl (C=O) groups excluding carboxylic acids is 4. The molecule has 1 saturated carbocycles. The summed E-state index contributed by atoms with van der Waals surface area (Å²) in [4.78, 5) is 80.1. The van der Waals surface area contributed by atoms with Gasteiger partial charge in [0.05, 0.1) is 18.9 Å². The molecule has 0 aromatic heterocycles. The highest BCUT2D eigenvalue weighted by Gasteiger charge is 2.49. The van der Waals surface area contributed by atoms with Gasteiger partial charge in [-0.2, -0.15) is 0 Å². The second kappa shape index (κ2) is 17.2. The molecule has 0 spiro atoms. The average Bonchev–Trinajstić information content (AvgIpc) is 3.74. The van der Waals surface area contributed by atoms with E-state index in [1.165, 1.54) is 16.7 Å².